The summed E-state index contributed by atoms with van der Waals surface area (Å²) in [6, 6.07) is 0. The molecule has 0 saturated carbocycles. The fraction of sp³-hybridized carbons (Fsp3) is 0.658. The van der Waals surface area contributed by atoms with E-state index in [1.165, 1.54) is 116 Å². The highest BCUT2D eigenvalue weighted by Gasteiger charge is 2.19. The average molecular weight is 1090 g/mol. The van der Waals surface area contributed by atoms with Gasteiger partial charge in [0.25, 0.3) is 0 Å². The second kappa shape index (κ2) is 66.1. The van der Waals surface area contributed by atoms with E-state index in [-0.39, 0.29) is 31.1 Å². The van der Waals surface area contributed by atoms with Crippen LogP contribution in [0.3, 0.4) is 0 Å². The van der Waals surface area contributed by atoms with Gasteiger partial charge in [-0.05, 0) is 116 Å². The highest BCUT2D eigenvalue weighted by molar-refractivity contribution is 5.71. The Kier molecular flexibility index (Phi) is 62.3. The van der Waals surface area contributed by atoms with Crippen molar-refractivity contribution in [3.8, 4) is 0 Å². The Bertz CT molecular complexity index is 1680. The summed E-state index contributed by atoms with van der Waals surface area (Å²) in [5, 5.41) is 0. The molecule has 0 rings (SSSR count). The summed E-state index contributed by atoms with van der Waals surface area (Å²) in [5.74, 6) is -0.898. The van der Waals surface area contributed by atoms with Gasteiger partial charge in [-0.25, -0.2) is 0 Å². The van der Waals surface area contributed by atoms with Crippen LogP contribution in [0.25, 0.3) is 0 Å². The lowest BCUT2D eigenvalue weighted by atomic mass is 10.0. The highest BCUT2D eigenvalue weighted by Crippen LogP contribution is 2.16. The van der Waals surface area contributed by atoms with Crippen molar-refractivity contribution in [3.63, 3.8) is 0 Å². The molecule has 0 aromatic carbocycles. The van der Waals surface area contributed by atoms with Crippen LogP contribution in [0.15, 0.2) is 134 Å². The minimum atomic E-state index is -0.785. The number of hydrogen-bond donors (Lipinski definition) is 0. The normalized spacial score (nSPS) is 13.0. The first-order valence-corrected chi connectivity index (χ1v) is 32.7. The molecular formula is C73H120O6. The third-order valence-electron chi connectivity index (χ3n) is 13.7. The van der Waals surface area contributed by atoms with Crippen molar-refractivity contribution < 1.29 is 28.6 Å². The second-order valence-corrected chi connectivity index (χ2v) is 21.3. The Balaban J connectivity index is 4.13. The van der Waals surface area contributed by atoms with Gasteiger partial charge < -0.3 is 14.2 Å². The van der Waals surface area contributed by atoms with Crippen LogP contribution < -0.4 is 0 Å². The summed E-state index contributed by atoms with van der Waals surface area (Å²) in [5.41, 5.74) is 0. The standard InChI is InChI=1S/C73H120O6/c1-4-7-10-13-16-18-20-22-24-26-28-30-31-32-33-34-35-36-37-38-39-40-41-43-44-46-48-50-52-54-57-60-63-66-72(75)78-69-70(68-77-71(74)65-62-59-56-15-12-9-6-3)79-73(76)67-64-61-58-55-53-51-49-47-45-42-29-27-25-23-21-19-17-14-11-8-5-2/h7-8,10-11,16-19,22-25,28-30,32-33,35-36,38-39,42,70H,4-6,9,12-15,20-21,26-27,31,34,37,40-41,43-69H2,1-3H3/b10-7-,11-8-,18-16-,19-17-,24-22-,25-23-,30-28-,33-32-,36-35-,39-38-,42-29-. The molecule has 1 atom stereocenters. The molecule has 0 aromatic rings. The summed E-state index contributed by atoms with van der Waals surface area (Å²) < 4.78 is 16.8. The maximum atomic E-state index is 12.9. The average Bonchev–Trinajstić information content (AvgIpc) is 3.45. The van der Waals surface area contributed by atoms with Gasteiger partial charge in [-0.3, -0.25) is 14.4 Å². The summed E-state index contributed by atoms with van der Waals surface area (Å²) >= 11 is 0. The van der Waals surface area contributed by atoms with E-state index in [0.717, 1.165) is 135 Å². The minimum Gasteiger partial charge on any atom is -0.462 e. The number of carbonyl (C=O) groups excluding carboxylic acids is 3. The molecule has 0 aliphatic rings. The van der Waals surface area contributed by atoms with Crippen LogP contribution in [0.4, 0.5) is 0 Å². The summed E-state index contributed by atoms with van der Waals surface area (Å²) in [6.07, 6.45) is 93.4. The number of rotatable bonds is 58. The highest BCUT2D eigenvalue weighted by atomic mass is 16.6. The zero-order valence-corrected chi connectivity index (χ0v) is 51.3. The monoisotopic (exact) mass is 1090 g/mol. The van der Waals surface area contributed by atoms with Gasteiger partial charge in [0.1, 0.15) is 13.2 Å². The molecule has 448 valence electrons. The van der Waals surface area contributed by atoms with Crippen LogP contribution in [0, 0.1) is 0 Å². The lowest BCUT2D eigenvalue weighted by molar-refractivity contribution is -0.167. The van der Waals surface area contributed by atoms with E-state index >= 15 is 0 Å². The van der Waals surface area contributed by atoms with Crippen LogP contribution in [-0.4, -0.2) is 37.2 Å². The van der Waals surface area contributed by atoms with Gasteiger partial charge in [0.2, 0.25) is 0 Å². The molecule has 79 heavy (non-hydrogen) atoms. The van der Waals surface area contributed by atoms with Gasteiger partial charge in [0, 0.05) is 19.3 Å². The molecule has 0 N–H and O–H groups in total. The fourth-order valence-electron chi connectivity index (χ4n) is 8.83. The molecule has 0 aliphatic heterocycles. The Morgan fingerprint density at radius 2 is 0.494 bits per heavy atom. The van der Waals surface area contributed by atoms with Crippen molar-refractivity contribution in [2.45, 2.75) is 297 Å². The fourth-order valence-corrected chi connectivity index (χ4v) is 8.83. The molecule has 0 aliphatic carbocycles. The Morgan fingerprint density at radius 3 is 0.772 bits per heavy atom. The summed E-state index contributed by atoms with van der Waals surface area (Å²) in [4.78, 5) is 38.1. The van der Waals surface area contributed by atoms with Crippen LogP contribution in [0.5, 0.6) is 0 Å². The van der Waals surface area contributed by atoms with E-state index in [4.69, 9.17) is 14.2 Å². The van der Waals surface area contributed by atoms with E-state index in [1.807, 2.05) is 0 Å². The molecule has 0 fully saturated rings. The van der Waals surface area contributed by atoms with Crippen molar-refractivity contribution in [3.05, 3.63) is 134 Å². The molecule has 0 amide bonds. The third kappa shape index (κ3) is 64.3. The Labute approximate surface area is 487 Å². The predicted molar refractivity (Wildman–Crippen MR) is 343 cm³/mol. The van der Waals surface area contributed by atoms with Crippen LogP contribution in [-0.2, 0) is 28.6 Å². The van der Waals surface area contributed by atoms with E-state index in [2.05, 4.69) is 154 Å². The largest absolute Gasteiger partial charge is 0.462 e. The van der Waals surface area contributed by atoms with E-state index < -0.39 is 6.10 Å². The Hall–Kier alpha value is -4.45. The van der Waals surface area contributed by atoms with Crippen LogP contribution in [0.1, 0.15) is 290 Å². The summed E-state index contributed by atoms with van der Waals surface area (Å²) in [6.45, 7) is 6.37. The molecule has 6 nitrogen and oxygen atoms in total. The number of unbranched alkanes of at least 4 members (excludes halogenated alkanes) is 25. The molecule has 0 bridgehead atoms. The van der Waals surface area contributed by atoms with E-state index in [9.17, 15) is 14.4 Å². The van der Waals surface area contributed by atoms with Gasteiger partial charge in [0.05, 0.1) is 0 Å². The van der Waals surface area contributed by atoms with Crippen molar-refractivity contribution in [2.24, 2.45) is 0 Å². The topological polar surface area (TPSA) is 78.9 Å². The van der Waals surface area contributed by atoms with Gasteiger partial charge in [0.15, 0.2) is 6.10 Å². The van der Waals surface area contributed by atoms with Crippen molar-refractivity contribution in [1.29, 1.82) is 0 Å². The SMILES string of the molecule is CC/C=C\C/C=C\C/C=C\C/C=C\C/C=C\C/C=C\C/C=C\CCCCCCCCCCCCCC(=O)OCC(COC(=O)CCCCCCCCC)OC(=O)CCCCCCCCCC/C=C\C/C=C\C/C=C\C/C=C\CC. The molecule has 0 spiro atoms. The number of hydrogen-bond acceptors (Lipinski definition) is 6. The predicted octanol–water partition coefficient (Wildman–Crippen LogP) is 22.5. The van der Waals surface area contributed by atoms with Gasteiger partial charge in [-0.1, -0.05) is 289 Å². The maximum Gasteiger partial charge on any atom is 0.306 e. The molecule has 1 unspecified atom stereocenters. The smallest absolute Gasteiger partial charge is 0.306 e. The van der Waals surface area contributed by atoms with E-state index in [1.54, 1.807) is 0 Å². The minimum absolute atomic E-state index is 0.0830. The second-order valence-electron chi connectivity index (χ2n) is 21.3. The zero-order chi connectivity index (χ0) is 57.1. The quantitative estimate of drug-likeness (QED) is 0.0261. The third-order valence-corrected chi connectivity index (χ3v) is 13.7. The molecule has 0 radical (unpaired) electrons. The summed E-state index contributed by atoms with van der Waals surface area (Å²) in [7, 11) is 0. The van der Waals surface area contributed by atoms with Crippen molar-refractivity contribution in [1.82, 2.24) is 0 Å². The van der Waals surface area contributed by atoms with Gasteiger partial charge >= 0.3 is 17.9 Å². The number of esters is 3. The first-order valence-electron chi connectivity index (χ1n) is 32.7. The molecule has 0 heterocycles. The number of carbonyl (C=O) groups is 3. The molecule has 6 heteroatoms. The van der Waals surface area contributed by atoms with Crippen LogP contribution >= 0.6 is 0 Å². The zero-order valence-electron chi connectivity index (χ0n) is 51.3. The molecular weight excluding hydrogens is 973 g/mol. The van der Waals surface area contributed by atoms with Crippen molar-refractivity contribution >= 4 is 17.9 Å². The van der Waals surface area contributed by atoms with Crippen molar-refractivity contribution in [2.75, 3.05) is 13.2 Å². The lowest BCUT2D eigenvalue weighted by Gasteiger charge is -2.18. The van der Waals surface area contributed by atoms with Crippen LogP contribution in [0.2, 0.25) is 0 Å². The lowest BCUT2D eigenvalue weighted by Crippen LogP contribution is -2.30. The first-order chi connectivity index (χ1) is 39.0. The van der Waals surface area contributed by atoms with E-state index in [0.29, 0.717) is 19.3 Å². The Morgan fingerprint density at radius 1 is 0.266 bits per heavy atom. The number of ether oxygens (including phenoxy) is 3. The first kappa shape index (κ1) is 74.5. The number of allylic oxidation sites excluding steroid dienone is 22. The van der Waals surface area contributed by atoms with Gasteiger partial charge in [-0.15, -0.1) is 0 Å². The molecule has 0 aromatic heterocycles. The maximum absolute atomic E-state index is 12.9. The van der Waals surface area contributed by atoms with Gasteiger partial charge in [-0.2, -0.15) is 0 Å². The molecule has 0 saturated heterocycles.